The van der Waals surface area contributed by atoms with Gasteiger partial charge in [0.2, 0.25) is 0 Å². The van der Waals surface area contributed by atoms with Crippen molar-refractivity contribution < 1.29 is 21.6 Å². The first-order valence-corrected chi connectivity index (χ1v) is 8.66. The third-order valence-corrected chi connectivity index (χ3v) is 4.92. The zero-order valence-electron chi connectivity index (χ0n) is 12.9. The molecule has 1 aromatic heterocycles. The summed E-state index contributed by atoms with van der Waals surface area (Å²) in [6.45, 7) is 0. The summed E-state index contributed by atoms with van der Waals surface area (Å²) in [6.07, 6.45) is 0.915. The van der Waals surface area contributed by atoms with Crippen LogP contribution < -0.4 is 4.72 Å². The van der Waals surface area contributed by atoms with Crippen molar-refractivity contribution in [2.75, 3.05) is 4.72 Å². The van der Waals surface area contributed by atoms with Crippen LogP contribution in [0.4, 0.5) is 18.9 Å². The number of hydrogen-bond donors (Lipinski definition) is 2. The van der Waals surface area contributed by atoms with Gasteiger partial charge in [-0.25, -0.2) is 21.6 Å². The Labute approximate surface area is 146 Å². The van der Waals surface area contributed by atoms with Crippen LogP contribution in [0.15, 0.2) is 53.6 Å². The van der Waals surface area contributed by atoms with E-state index < -0.39 is 43.6 Å². The van der Waals surface area contributed by atoms with E-state index in [1.54, 1.807) is 35.1 Å². The number of benzene rings is 2. The molecule has 0 bridgehead atoms. The van der Waals surface area contributed by atoms with Gasteiger partial charge in [-0.2, -0.15) is 5.26 Å². The van der Waals surface area contributed by atoms with Gasteiger partial charge < -0.3 is 4.98 Å². The molecule has 1 heterocycles. The van der Waals surface area contributed by atoms with Crippen LogP contribution in [-0.4, -0.2) is 13.4 Å². The minimum atomic E-state index is -4.54. The molecule has 132 valence electrons. The molecular formula is C17H10F3N3O2S. The number of hydrogen-bond acceptors (Lipinski definition) is 3. The lowest BCUT2D eigenvalue weighted by Gasteiger charge is -2.08. The smallest absolute Gasteiger partial charge is 0.266 e. The molecule has 0 amide bonds. The number of aromatic nitrogens is 1. The molecule has 0 unspecified atom stereocenters. The zero-order chi connectivity index (χ0) is 18.9. The molecule has 0 spiro atoms. The van der Waals surface area contributed by atoms with Gasteiger partial charge in [0.05, 0.1) is 16.9 Å². The summed E-state index contributed by atoms with van der Waals surface area (Å²) in [5.74, 6) is -3.32. The molecule has 0 aliphatic rings. The quantitative estimate of drug-likeness (QED) is 0.726. The summed E-state index contributed by atoms with van der Waals surface area (Å²) in [4.78, 5) is 1.77. The van der Waals surface area contributed by atoms with Crippen LogP contribution in [0.2, 0.25) is 0 Å². The first-order chi connectivity index (χ1) is 12.3. The lowest BCUT2D eigenvalue weighted by molar-refractivity contribution is 0.574. The number of aromatic amines is 1. The minimum Gasteiger partial charge on any atom is -0.357 e. The van der Waals surface area contributed by atoms with E-state index in [2.05, 4.69) is 4.98 Å². The summed E-state index contributed by atoms with van der Waals surface area (Å²) in [5.41, 5.74) is -0.951. The van der Waals surface area contributed by atoms with Gasteiger partial charge in [0, 0.05) is 17.8 Å². The Hall–Kier alpha value is -3.25. The number of sulfonamides is 1. The molecule has 0 aliphatic heterocycles. The SMILES string of the molecule is N#Cc1cc(F)c(NS(=O)(=O)c2c[nH]c(-c3ccccc3)c2F)cc1F. The van der Waals surface area contributed by atoms with Gasteiger partial charge >= 0.3 is 0 Å². The maximum atomic E-state index is 14.6. The van der Waals surface area contributed by atoms with Gasteiger partial charge in [0.15, 0.2) is 5.82 Å². The van der Waals surface area contributed by atoms with Crippen molar-refractivity contribution >= 4 is 15.7 Å². The summed E-state index contributed by atoms with van der Waals surface area (Å²) < 4.78 is 68.6. The van der Waals surface area contributed by atoms with E-state index in [0.29, 0.717) is 17.7 Å². The minimum absolute atomic E-state index is 0.0579. The van der Waals surface area contributed by atoms with Crippen LogP contribution in [0.5, 0.6) is 0 Å². The number of rotatable bonds is 4. The van der Waals surface area contributed by atoms with Crippen molar-refractivity contribution in [3.05, 3.63) is 71.7 Å². The predicted molar refractivity (Wildman–Crippen MR) is 88.1 cm³/mol. The molecule has 0 fully saturated rings. The standard InChI is InChI=1S/C17H10F3N3O2S/c18-12-7-14(13(19)6-11(12)8-21)23-26(24,25)15-9-22-17(16(15)20)10-4-2-1-3-5-10/h1-7,9,22-23H. The van der Waals surface area contributed by atoms with E-state index in [1.807, 2.05) is 0 Å². The summed E-state index contributed by atoms with van der Waals surface area (Å²) in [7, 11) is -4.54. The number of halogens is 3. The fourth-order valence-corrected chi connectivity index (χ4v) is 3.42. The van der Waals surface area contributed by atoms with Crippen LogP contribution in [-0.2, 0) is 10.0 Å². The molecule has 0 atom stereocenters. The summed E-state index contributed by atoms with van der Waals surface area (Å²) in [5, 5.41) is 8.64. The number of nitrogens with zero attached hydrogens (tertiary/aromatic N) is 1. The van der Waals surface area contributed by atoms with Crippen molar-refractivity contribution in [2.24, 2.45) is 0 Å². The molecule has 2 aromatic carbocycles. The normalized spacial score (nSPS) is 11.2. The van der Waals surface area contributed by atoms with Crippen molar-refractivity contribution in [2.45, 2.75) is 4.90 Å². The van der Waals surface area contributed by atoms with E-state index in [1.165, 1.54) is 6.07 Å². The van der Waals surface area contributed by atoms with Crippen LogP contribution >= 0.6 is 0 Å². The van der Waals surface area contributed by atoms with Crippen molar-refractivity contribution in [3.8, 4) is 17.3 Å². The van der Waals surface area contributed by atoms with Gasteiger partial charge in [-0.1, -0.05) is 30.3 Å². The molecular weight excluding hydrogens is 367 g/mol. The molecule has 0 saturated carbocycles. The monoisotopic (exact) mass is 377 g/mol. The highest BCUT2D eigenvalue weighted by molar-refractivity contribution is 7.92. The highest BCUT2D eigenvalue weighted by atomic mass is 32.2. The molecule has 9 heteroatoms. The molecule has 0 radical (unpaired) electrons. The lowest BCUT2D eigenvalue weighted by atomic mass is 10.1. The van der Waals surface area contributed by atoms with Gasteiger partial charge in [-0.05, 0) is 6.07 Å². The first-order valence-electron chi connectivity index (χ1n) is 7.17. The van der Waals surface area contributed by atoms with Crippen LogP contribution in [0, 0.1) is 28.8 Å². The predicted octanol–water partition coefficient (Wildman–Crippen LogP) is 3.77. The number of nitrogens with one attached hydrogen (secondary N) is 2. The van der Waals surface area contributed by atoms with Crippen LogP contribution in [0.3, 0.4) is 0 Å². The molecule has 0 aliphatic carbocycles. The third-order valence-electron chi connectivity index (χ3n) is 3.56. The fraction of sp³-hybridized carbons (Fsp3) is 0. The Kier molecular flexibility index (Phi) is 4.44. The Balaban J connectivity index is 1.99. The van der Waals surface area contributed by atoms with Crippen molar-refractivity contribution in [3.63, 3.8) is 0 Å². The van der Waals surface area contributed by atoms with Crippen LogP contribution in [0.25, 0.3) is 11.3 Å². The van der Waals surface area contributed by atoms with E-state index >= 15 is 0 Å². The van der Waals surface area contributed by atoms with Gasteiger partial charge in [0.1, 0.15) is 22.6 Å². The number of nitriles is 1. The van der Waals surface area contributed by atoms with Crippen molar-refractivity contribution in [1.82, 2.24) is 4.98 Å². The molecule has 3 aromatic rings. The molecule has 5 nitrogen and oxygen atoms in total. The Bertz CT molecular complexity index is 1120. The maximum absolute atomic E-state index is 14.6. The average Bonchev–Trinajstić information content (AvgIpc) is 3.01. The second-order valence-electron chi connectivity index (χ2n) is 5.24. The molecule has 3 rings (SSSR count). The van der Waals surface area contributed by atoms with Gasteiger partial charge in [-0.15, -0.1) is 0 Å². The Morgan fingerprint density at radius 3 is 2.38 bits per heavy atom. The van der Waals surface area contributed by atoms with Gasteiger partial charge in [0.25, 0.3) is 10.0 Å². The van der Waals surface area contributed by atoms with Crippen molar-refractivity contribution in [1.29, 1.82) is 5.26 Å². The third kappa shape index (κ3) is 3.14. The van der Waals surface area contributed by atoms with E-state index in [-0.39, 0.29) is 5.69 Å². The Morgan fingerprint density at radius 2 is 1.73 bits per heavy atom. The largest absolute Gasteiger partial charge is 0.357 e. The highest BCUT2D eigenvalue weighted by Gasteiger charge is 2.25. The first kappa shape index (κ1) is 17.6. The van der Waals surface area contributed by atoms with E-state index in [0.717, 1.165) is 6.20 Å². The van der Waals surface area contributed by atoms with Crippen LogP contribution in [0.1, 0.15) is 5.56 Å². The second-order valence-corrected chi connectivity index (χ2v) is 6.89. The van der Waals surface area contributed by atoms with E-state index in [9.17, 15) is 21.6 Å². The molecule has 26 heavy (non-hydrogen) atoms. The highest BCUT2D eigenvalue weighted by Crippen LogP contribution is 2.28. The maximum Gasteiger partial charge on any atom is 0.266 e. The average molecular weight is 377 g/mol. The summed E-state index contributed by atoms with van der Waals surface area (Å²) >= 11 is 0. The lowest BCUT2D eigenvalue weighted by Crippen LogP contribution is -2.15. The zero-order valence-corrected chi connectivity index (χ0v) is 13.7. The fourth-order valence-electron chi connectivity index (χ4n) is 2.31. The summed E-state index contributed by atoms with van der Waals surface area (Å²) in [6, 6.07) is 10.7. The Morgan fingerprint density at radius 1 is 1.04 bits per heavy atom. The topological polar surface area (TPSA) is 85.8 Å². The number of H-pyrrole nitrogens is 1. The molecule has 0 saturated heterocycles. The van der Waals surface area contributed by atoms with Gasteiger partial charge in [-0.3, -0.25) is 4.72 Å². The second kappa shape index (κ2) is 6.57. The number of anilines is 1. The van der Waals surface area contributed by atoms with E-state index in [4.69, 9.17) is 5.26 Å². The molecule has 2 N–H and O–H groups in total.